The van der Waals surface area contributed by atoms with Crippen molar-refractivity contribution in [3.8, 4) is 11.1 Å². The Morgan fingerprint density at radius 1 is 0.929 bits per heavy atom. The molecular weight excluding hydrogens is 401 g/mol. The minimum Gasteiger partial charge on any atom is -0.276 e. The predicted molar refractivity (Wildman–Crippen MR) is 107 cm³/mol. The largest absolute Gasteiger partial charge is 0.276 e. The van der Waals surface area contributed by atoms with Gasteiger partial charge in [-0.15, -0.1) is 0 Å². The summed E-state index contributed by atoms with van der Waals surface area (Å²) in [6.07, 6.45) is 3.26. The number of benzene rings is 2. The molecule has 2 aromatic carbocycles. The Morgan fingerprint density at radius 2 is 1.71 bits per heavy atom. The third kappa shape index (κ3) is 3.67. The van der Waals surface area contributed by atoms with E-state index in [9.17, 15) is 12.8 Å². The average Bonchev–Trinajstić information content (AvgIpc) is 2.69. The van der Waals surface area contributed by atoms with Gasteiger partial charge in [0.15, 0.2) is 5.15 Å². The predicted octanol–water partition coefficient (Wildman–Crippen LogP) is 4.89. The van der Waals surface area contributed by atoms with Crippen LogP contribution in [-0.2, 0) is 10.0 Å². The van der Waals surface area contributed by atoms with Crippen LogP contribution in [0.4, 0.5) is 10.1 Å². The van der Waals surface area contributed by atoms with Crippen molar-refractivity contribution in [1.29, 1.82) is 0 Å². The molecule has 4 aromatic rings. The minimum atomic E-state index is -3.94. The summed E-state index contributed by atoms with van der Waals surface area (Å²) >= 11 is 6.09. The van der Waals surface area contributed by atoms with Crippen molar-refractivity contribution in [3.63, 3.8) is 0 Å². The lowest BCUT2D eigenvalue weighted by atomic mass is 10.1. The second-order valence-electron chi connectivity index (χ2n) is 6.03. The van der Waals surface area contributed by atoms with Crippen molar-refractivity contribution in [1.82, 2.24) is 9.97 Å². The normalized spacial score (nSPS) is 11.5. The van der Waals surface area contributed by atoms with E-state index in [0.717, 1.165) is 28.6 Å². The molecule has 5 nitrogen and oxygen atoms in total. The standard InChI is InChI=1S/C20H13ClFN3O2S/c21-20-19(25-28(26,27)17-7-5-16(22)6-8-17)11-15(12-24-20)14-4-3-13-2-1-9-23-18(13)10-14/h1-12,25H. The Hall–Kier alpha value is -3.03. The highest BCUT2D eigenvalue weighted by molar-refractivity contribution is 7.92. The number of nitrogens with zero attached hydrogens (tertiary/aromatic N) is 2. The van der Waals surface area contributed by atoms with Crippen molar-refractivity contribution in [2.24, 2.45) is 0 Å². The summed E-state index contributed by atoms with van der Waals surface area (Å²) in [5, 5.41) is 0.999. The molecule has 8 heteroatoms. The first kappa shape index (κ1) is 18.3. The lowest BCUT2D eigenvalue weighted by Gasteiger charge is -2.11. The number of halogens is 2. The Morgan fingerprint density at radius 3 is 2.50 bits per heavy atom. The molecule has 2 aromatic heterocycles. The molecule has 0 amide bonds. The number of nitrogens with one attached hydrogen (secondary N) is 1. The number of hydrogen-bond donors (Lipinski definition) is 1. The molecule has 0 bridgehead atoms. The average molecular weight is 414 g/mol. The first-order valence-corrected chi connectivity index (χ1v) is 10.1. The Labute approximate surface area is 165 Å². The van der Waals surface area contributed by atoms with Gasteiger partial charge in [0.2, 0.25) is 0 Å². The second kappa shape index (κ2) is 7.18. The van der Waals surface area contributed by atoms with Crippen molar-refractivity contribution in [2.75, 3.05) is 4.72 Å². The van der Waals surface area contributed by atoms with E-state index in [1.54, 1.807) is 18.5 Å². The monoisotopic (exact) mass is 413 g/mol. The fourth-order valence-corrected chi connectivity index (χ4v) is 4.00. The molecule has 0 aliphatic rings. The smallest absolute Gasteiger partial charge is 0.261 e. The molecular formula is C20H13ClFN3O2S. The molecule has 0 aliphatic carbocycles. The van der Waals surface area contributed by atoms with Gasteiger partial charge in [0.25, 0.3) is 10.0 Å². The summed E-state index contributed by atoms with van der Waals surface area (Å²) in [7, 11) is -3.94. The van der Waals surface area contributed by atoms with Gasteiger partial charge in [-0.3, -0.25) is 9.71 Å². The molecule has 1 N–H and O–H groups in total. The van der Waals surface area contributed by atoms with Crippen LogP contribution in [0.5, 0.6) is 0 Å². The maximum absolute atomic E-state index is 13.1. The highest BCUT2D eigenvalue weighted by atomic mass is 35.5. The number of fused-ring (bicyclic) bond motifs is 1. The number of sulfonamides is 1. The maximum Gasteiger partial charge on any atom is 0.261 e. The number of rotatable bonds is 4. The zero-order chi connectivity index (χ0) is 19.7. The molecule has 0 atom stereocenters. The van der Waals surface area contributed by atoms with E-state index in [0.29, 0.717) is 5.56 Å². The van der Waals surface area contributed by atoms with Gasteiger partial charge in [-0.05, 0) is 48.0 Å². The SMILES string of the molecule is O=S(=O)(Nc1cc(-c2ccc3cccnc3c2)cnc1Cl)c1ccc(F)cc1. The minimum absolute atomic E-state index is 0.00773. The molecule has 0 radical (unpaired) electrons. The fraction of sp³-hybridized carbons (Fsp3) is 0. The second-order valence-corrected chi connectivity index (χ2v) is 8.07. The molecule has 28 heavy (non-hydrogen) atoms. The van der Waals surface area contributed by atoms with Crippen molar-refractivity contribution >= 4 is 38.2 Å². The van der Waals surface area contributed by atoms with Gasteiger partial charge in [-0.2, -0.15) is 0 Å². The topological polar surface area (TPSA) is 72.0 Å². The Bertz CT molecular complexity index is 1280. The molecule has 0 aliphatic heterocycles. The number of anilines is 1. The fourth-order valence-electron chi connectivity index (χ4n) is 2.74. The number of hydrogen-bond acceptors (Lipinski definition) is 4. The third-order valence-corrected chi connectivity index (χ3v) is 5.83. The van der Waals surface area contributed by atoms with Crippen LogP contribution in [0, 0.1) is 5.82 Å². The molecule has 0 saturated carbocycles. The summed E-state index contributed by atoms with van der Waals surface area (Å²) in [6.45, 7) is 0. The van der Waals surface area contributed by atoms with Crippen LogP contribution in [-0.4, -0.2) is 18.4 Å². The van der Waals surface area contributed by atoms with E-state index >= 15 is 0 Å². The van der Waals surface area contributed by atoms with Crippen LogP contribution < -0.4 is 4.72 Å². The lowest BCUT2D eigenvalue weighted by Crippen LogP contribution is -2.13. The van der Waals surface area contributed by atoms with E-state index < -0.39 is 15.8 Å². The van der Waals surface area contributed by atoms with Gasteiger partial charge < -0.3 is 0 Å². The summed E-state index contributed by atoms with van der Waals surface area (Å²) in [5.74, 6) is -0.523. The molecule has 4 rings (SSSR count). The van der Waals surface area contributed by atoms with Gasteiger partial charge in [0, 0.05) is 23.3 Å². The molecule has 140 valence electrons. The third-order valence-electron chi connectivity index (χ3n) is 4.15. The molecule has 0 saturated heterocycles. The summed E-state index contributed by atoms with van der Waals surface area (Å²) in [6, 6.07) is 15.6. The van der Waals surface area contributed by atoms with Crippen LogP contribution in [0.3, 0.4) is 0 Å². The van der Waals surface area contributed by atoms with Crippen molar-refractivity contribution in [3.05, 3.63) is 84.0 Å². The molecule has 0 unspecified atom stereocenters. The van der Waals surface area contributed by atoms with E-state index in [1.807, 2.05) is 30.3 Å². The van der Waals surface area contributed by atoms with Crippen molar-refractivity contribution in [2.45, 2.75) is 4.90 Å². The van der Waals surface area contributed by atoms with Crippen LogP contribution in [0.2, 0.25) is 5.15 Å². The zero-order valence-electron chi connectivity index (χ0n) is 14.3. The van der Waals surface area contributed by atoms with Crippen LogP contribution in [0.1, 0.15) is 0 Å². The number of pyridine rings is 2. The molecule has 0 spiro atoms. The van der Waals surface area contributed by atoms with Gasteiger partial charge in [-0.25, -0.2) is 17.8 Å². The summed E-state index contributed by atoms with van der Waals surface area (Å²) in [5.41, 5.74) is 2.43. The summed E-state index contributed by atoms with van der Waals surface area (Å²) in [4.78, 5) is 8.33. The zero-order valence-corrected chi connectivity index (χ0v) is 15.9. The first-order valence-electron chi connectivity index (χ1n) is 8.21. The van der Waals surface area contributed by atoms with E-state index in [2.05, 4.69) is 14.7 Å². The summed E-state index contributed by atoms with van der Waals surface area (Å²) < 4.78 is 40.6. The van der Waals surface area contributed by atoms with Crippen molar-refractivity contribution < 1.29 is 12.8 Å². The van der Waals surface area contributed by atoms with E-state index in [-0.39, 0.29) is 15.7 Å². The van der Waals surface area contributed by atoms with Gasteiger partial charge in [0.05, 0.1) is 16.1 Å². The highest BCUT2D eigenvalue weighted by Crippen LogP contribution is 2.30. The molecule has 0 fully saturated rings. The van der Waals surface area contributed by atoms with Crippen LogP contribution >= 0.6 is 11.6 Å². The van der Waals surface area contributed by atoms with E-state index in [4.69, 9.17) is 11.6 Å². The first-order chi connectivity index (χ1) is 13.4. The number of aromatic nitrogens is 2. The Balaban J connectivity index is 1.71. The quantitative estimate of drug-likeness (QED) is 0.483. The Kier molecular flexibility index (Phi) is 4.70. The van der Waals surface area contributed by atoms with E-state index in [1.165, 1.54) is 12.1 Å². The molecule has 2 heterocycles. The van der Waals surface area contributed by atoms with Gasteiger partial charge >= 0.3 is 0 Å². The maximum atomic E-state index is 13.1. The van der Waals surface area contributed by atoms with Gasteiger partial charge in [-0.1, -0.05) is 29.8 Å². The van der Waals surface area contributed by atoms with Crippen LogP contribution in [0.15, 0.2) is 78.0 Å². The highest BCUT2D eigenvalue weighted by Gasteiger charge is 2.17. The van der Waals surface area contributed by atoms with Crippen LogP contribution in [0.25, 0.3) is 22.0 Å². The lowest BCUT2D eigenvalue weighted by molar-refractivity contribution is 0.599. The van der Waals surface area contributed by atoms with Gasteiger partial charge in [0.1, 0.15) is 5.82 Å².